The number of nitrogen functional groups attached to an aromatic ring is 1. The summed E-state index contributed by atoms with van der Waals surface area (Å²) in [6.07, 6.45) is 4.89. The summed E-state index contributed by atoms with van der Waals surface area (Å²) in [7, 11) is 0. The molecule has 3 aromatic rings. The van der Waals surface area contributed by atoms with Crippen LogP contribution in [0.3, 0.4) is 0 Å². The summed E-state index contributed by atoms with van der Waals surface area (Å²) in [5.41, 5.74) is 7.91. The minimum absolute atomic E-state index is 0.179. The van der Waals surface area contributed by atoms with Crippen molar-refractivity contribution in [1.29, 1.82) is 0 Å². The lowest BCUT2D eigenvalue weighted by molar-refractivity contribution is 0.436. The highest BCUT2D eigenvalue weighted by molar-refractivity contribution is 5.85. The van der Waals surface area contributed by atoms with Gasteiger partial charge in [0.2, 0.25) is 5.56 Å². The molecule has 0 radical (unpaired) electrons. The molecule has 3 heterocycles. The molecule has 0 saturated carbocycles. The van der Waals surface area contributed by atoms with Crippen LogP contribution in [-0.2, 0) is 0 Å². The van der Waals surface area contributed by atoms with E-state index in [0.29, 0.717) is 22.7 Å². The van der Waals surface area contributed by atoms with E-state index in [1.54, 1.807) is 24.7 Å². The second kappa shape index (κ2) is 4.41. The van der Waals surface area contributed by atoms with Gasteiger partial charge < -0.3 is 15.2 Å². The van der Waals surface area contributed by atoms with Crippen LogP contribution in [0, 0.1) is 0 Å². The number of rotatable bonds is 2. The van der Waals surface area contributed by atoms with Gasteiger partial charge in [-0.1, -0.05) is 5.16 Å². The van der Waals surface area contributed by atoms with Crippen LogP contribution in [0.2, 0.25) is 0 Å². The van der Waals surface area contributed by atoms with Gasteiger partial charge in [-0.2, -0.15) is 0 Å². The predicted molar refractivity (Wildman–Crippen MR) is 70.2 cm³/mol. The van der Waals surface area contributed by atoms with Crippen LogP contribution >= 0.6 is 0 Å². The zero-order valence-corrected chi connectivity index (χ0v) is 9.83. The summed E-state index contributed by atoms with van der Waals surface area (Å²) in [6, 6.07) is 6.71. The molecule has 0 aliphatic heterocycles. The van der Waals surface area contributed by atoms with Crippen LogP contribution in [0.4, 0.5) is 5.82 Å². The molecule has 94 valence electrons. The van der Waals surface area contributed by atoms with Gasteiger partial charge in [0.05, 0.1) is 5.56 Å². The first kappa shape index (κ1) is 11.2. The molecule has 0 bridgehead atoms. The molecule has 3 rings (SSSR count). The molecule has 0 aliphatic carbocycles. The number of aromatic nitrogens is 3. The Morgan fingerprint density at radius 3 is 2.58 bits per heavy atom. The topological polar surface area (TPSA) is 97.8 Å². The lowest BCUT2D eigenvalue weighted by atomic mass is 10.0. The van der Waals surface area contributed by atoms with E-state index >= 15 is 0 Å². The molecule has 0 aliphatic rings. The molecule has 0 amide bonds. The summed E-state index contributed by atoms with van der Waals surface area (Å²) in [5.74, 6) is 0.812. The second-order valence-corrected chi connectivity index (χ2v) is 3.95. The van der Waals surface area contributed by atoms with E-state index < -0.39 is 0 Å². The van der Waals surface area contributed by atoms with Gasteiger partial charge in [0.25, 0.3) is 0 Å². The monoisotopic (exact) mass is 254 g/mol. The predicted octanol–water partition coefficient (Wildman–Crippen LogP) is 1.67. The molecule has 6 heteroatoms. The number of nitrogens with two attached hydrogens (primary N) is 1. The van der Waals surface area contributed by atoms with Crippen molar-refractivity contribution >= 4 is 5.82 Å². The Labute approximate surface area is 107 Å². The fraction of sp³-hybridized carbons (Fsp3) is 0. The molecule has 0 aromatic carbocycles. The van der Waals surface area contributed by atoms with Crippen LogP contribution in [-0.4, -0.2) is 15.1 Å². The summed E-state index contributed by atoms with van der Waals surface area (Å²) in [5, 5.41) is 3.78. The lowest BCUT2D eigenvalue weighted by Gasteiger charge is -2.01. The van der Waals surface area contributed by atoms with Gasteiger partial charge in [-0.05, 0) is 23.8 Å². The van der Waals surface area contributed by atoms with Crippen LogP contribution in [0.1, 0.15) is 0 Å². The van der Waals surface area contributed by atoms with Gasteiger partial charge in [0.1, 0.15) is 0 Å². The Morgan fingerprint density at radius 2 is 1.89 bits per heavy atom. The highest BCUT2D eigenvalue weighted by Gasteiger charge is 2.17. The van der Waals surface area contributed by atoms with E-state index in [4.69, 9.17) is 10.3 Å². The minimum atomic E-state index is -0.179. The van der Waals surface area contributed by atoms with Crippen molar-refractivity contribution in [3.05, 3.63) is 53.2 Å². The standard InChI is InChI=1S/C13H10N4O2/c14-13-11(8-3-5-15-6-4-8)12(19-17-13)9-1-2-10(18)16-7-9/h1-7H,(H2,14,17)(H,16,18). The first-order chi connectivity index (χ1) is 9.25. The number of nitrogens with one attached hydrogen (secondary N) is 1. The SMILES string of the molecule is Nc1noc(-c2ccc(=O)[nH]c2)c1-c1ccncc1. The number of nitrogens with zero attached hydrogens (tertiary/aromatic N) is 2. The lowest BCUT2D eigenvalue weighted by Crippen LogP contribution is -2.01. The van der Waals surface area contributed by atoms with Gasteiger partial charge in [0.15, 0.2) is 11.6 Å². The van der Waals surface area contributed by atoms with E-state index in [1.165, 1.54) is 6.07 Å². The van der Waals surface area contributed by atoms with E-state index in [-0.39, 0.29) is 5.56 Å². The molecule has 19 heavy (non-hydrogen) atoms. The number of hydrogen-bond acceptors (Lipinski definition) is 5. The number of pyridine rings is 2. The number of anilines is 1. The number of H-pyrrole nitrogens is 1. The molecule has 0 atom stereocenters. The maximum Gasteiger partial charge on any atom is 0.247 e. The van der Waals surface area contributed by atoms with Gasteiger partial charge in [-0.25, -0.2) is 0 Å². The molecule has 0 spiro atoms. The first-order valence-electron chi connectivity index (χ1n) is 5.60. The van der Waals surface area contributed by atoms with Crippen molar-refractivity contribution in [2.45, 2.75) is 0 Å². The van der Waals surface area contributed by atoms with Gasteiger partial charge in [-0.15, -0.1) is 0 Å². The van der Waals surface area contributed by atoms with E-state index in [9.17, 15) is 4.79 Å². The zero-order chi connectivity index (χ0) is 13.2. The average molecular weight is 254 g/mol. The fourth-order valence-corrected chi connectivity index (χ4v) is 1.85. The summed E-state index contributed by atoms with van der Waals surface area (Å²) >= 11 is 0. The third-order valence-electron chi connectivity index (χ3n) is 2.73. The summed E-state index contributed by atoms with van der Waals surface area (Å²) in [6.45, 7) is 0. The smallest absolute Gasteiger partial charge is 0.247 e. The average Bonchev–Trinajstić information content (AvgIpc) is 2.82. The van der Waals surface area contributed by atoms with Crippen molar-refractivity contribution in [2.75, 3.05) is 5.73 Å². The van der Waals surface area contributed by atoms with Gasteiger partial charge in [-0.3, -0.25) is 9.78 Å². The molecule has 0 fully saturated rings. The third-order valence-corrected chi connectivity index (χ3v) is 2.73. The first-order valence-corrected chi connectivity index (χ1v) is 5.60. The van der Waals surface area contributed by atoms with Gasteiger partial charge >= 0.3 is 0 Å². The van der Waals surface area contributed by atoms with Gasteiger partial charge in [0, 0.05) is 30.2 Å². The Hall–Kier alpha value is -2.89. The van der Waals surface area contributed by atoms with Crippen molar-refractivity contribution in [3.63, 3.8) is 0 Å². The quantitative estimate of drug-likeness (QED) is 0.725. The molecule has 0 saturated heterocycles. The normalized spacial score (nSPS) is 10.5. The van der Waals surface area contributed by atoms with E-state index in [1.807, 2.05) is 12.1 Å². The zero-order valence-electron chi connectivity index (χ0n) is 9.83. The van der Waals surface area contributed by atoms with Crippen LogP contribution in [0.5, 0.6) is 0 Å². The van der Waals surface area contributed by atoms with Crippen molar-refractivity contribution in [3.8, 4) is 22.5 Å². The summed E-state index contributed by atoms with van der Waals surface area (Å²) < 4.78 is 5.26. The largest absolute Gasteiger partial charge is 0.380 e. The van der Waals surface area contributed by atoms with Crippen LogP contribution in [0.25, 0.3) is 22.5 Å². The highest BCUT2D eigenvalue weighted by Crippen LogP contribution is 2.35. The Kier molecular flexibility index (Phi) is 2.60. The highest BCUT2D eigenvalue weighted by atomic mass is 16.5. The van der Waals surface area contributed by atoms with Crippen molar-refractivity contribution in [2.24, 2.45) is 0 Å². The maximum absolute atomic E-state index is 11.1. The molecule has 0 unspecified atom stereocenters. The maximum atomic E-state index is 11.1. The molecule has 6 nitrogen and oxygen atoms in total. The molecule has 3 N–H and O–H groups in total. The Morgan fingerprint density at radius 1 is 1.11 bits per heavy atom. The molecular formula is C13H10N4O2. The number of hydrogen-bond donors (Lipinski definition) is 2. The van der Waals surface area contributed by atoms with E-state index in [0.717, 1.165) is 5.56 Å². The second-order valence-electron chi connectivity index (χ2n) is 3.95. The Bertz CT molecular complexity index is 741. The van der Waals surface area contributed by atoms with Crippen molar-refractivity contribution < 1.29 is 4.52 Å². The Balaban J connectivity index is 2.19. The third kappa shape index (κ3) is 1.99. The fourth-order valence-electron chi connectivity index (χ4n) is 1.85. The molecule has 3 aromatic heterocycles. The summed E-state index contributed by atoms with van der Waals surface area (Å²) in [4.78, 5) is 17.6. The minimum Gasteiger partial charge on any atom is -0.380 e. The van der Waals surface area contributed by atoms with Crippen LogP contribution in [0.15, 0.2) is 52.2 Å². The number of aromatic amines is 1. The van der Waals surface area contributed by atoms with E-state index in [2.05, 4.69) is 15.1 Å². The molecular weight excluding hydrogens is 244 g/mol. The van der Waals surface area contributed by atoms with Crippen LogP contribution < -0.4 is 11.3 Å². The van der Waals surface area contributed by atoms with Crippen molar-refractivity contribution in [1.82, 2.24) is 15.1 Å².